The van der Waals surface area contributed by atoms with Gasteiger partial charge in [-0.2, -0.15) is 0 Å². The second kappa shape index (κ2) is 41.8. The van der Waals surface area contributed by atoms with E-state index >= 15 is 0 Å². The highest BCUT2D eigenvalue weighted by molar-refractivity contribution is 5.90. The van der Waals surface area contributed by atoms with E-state index in [4.69, 9.17) is 48.2 Å². The van der Waals surface area contributed by atoms with Crippen LogP contribution in [-0.2, 0) is 71.2 Å². The number of nitrogens with zero attached hydrogens (tertiary/aromatic N) is 10. The molecule has 0 radical (unpaired) electrons. The van der Waals surface area contributed by atoms with Crippen LogP contribution in [0.1, 0.15) is 153 Å². The van der Waals surface area contributed by atoms with Crippen molar-refractivity contribution in [3.05, 3.63) is 154 Å². The van der Waals surface area contributed by atoms with Crippen molar-refractivity contribution in [3.63, 3.8) is 0 Å². The Morgan fingerprint density at radius 3 is 1.00 bits per heavy atom. The maximum Gasteiger partial charge on any atom is 0.328 e. The van der Waals surface area contributed by atoms with Gasteiger partial charge in [-0.15, -0.1) is 0 Å². The van der Waals surface area contributed by atoms with Crippen molar-refractivity contribution in [1.82, 2.24) is 55.3 Å². The van der Waals surface area contributed by atoms with Crippen LogP contribution in [0.15, 0.2) is 111 Å². The van der Waals surface area contributed by atoms with Crippen molar-refractivity contribution in [2.75, 3.05) is 101 Å². The third kappa shape index (κ3) is 27.4. The molecule has 5 aromatic heterocycles. The molecule has 3 aromatic carbocycles. The average Bonchev–Trinajstić information content (AvgIpc) is 1.67. The summed E-state index contributed by atoms with van der Waals surface area (Å²) in [5, 5.41) is 51.6. The molecule has 0 bridgehead atoms. The van der Waals surface area contributed by atoms with Crippen molar-refractivity contribution >= 4 is 56.8 Å². The molecule has 6 aliphatic rings. The highest BCUT2D eigenvalue weighted by atomic mass is 16.5. The molecule has 8 aromatic rings. The Morgan fingerprint density at radius 1 is 0.427 bits per heavy atom. The number of hydrogen-bond acceptors (Lipinski definition) is 21. The van der Waals surface area contributed by atoms with Gasteiger partial charge in [-0.25, -0.2) is 19.2 Å². The second-order valence-corrected chi connectivity index (χ2v) is 31.4. The minimum absolute atomic E-state index is 0.558. The van der Waals surface area contributed by atoms with Crippen molar-refractivity contribution in [1.29, 1.82) is 0 Å². The van der Waals surface area contributed by atoms with Gasteiger partial charge in [0.05, 0.1) is 65.0 Å². The molecule has 25 nitrogen and oxygen atoms in total. The van der Waals surface area contributed by atoms with Crippen molar-refractivity contribution in [2.24, 2.45) is 35.5 Å². The normalized spacial score (nSPS) is 16.7. The summed E-state index contributed by atoms with van der Waals surface area (Å²) in [5.41, 5.74) is 13.9. The molecule has 0 spiro atoms. The molecular formula is C85H115N11O14. The number of aliphatic carboxylic acids is 4. The standard InChI is InChI=1S/2C28H38N4O2.C21H31N3O2.2C4H4O4/c2*1-20-5-4-6-23(29-20)17-32-15-13-21(14-16-32)9-11-26-24-10-12-27(33-19-22-7-8-22)25(18-31(2)3)28(24)34-30-26;1-24(2)13-18-20(25-14-16-3-4-16)8-6-17-19(23-26-21(17)18)7-5-15-9-11-22-12-10-15;2*5-3(6)1-2-4(7)8/h2*4-6,10,12,21-22H,7-9,11,13-19H2,1-3H3;6,8,15-16,22H,3-5,7,9-14H2,1-2H3;2*1-2H,(H,5,6)(H,7,8)/b;;;2*2-1+. The maximum absolute atomic E-state index is 9.55. The highest BCUT2D eigenvalue weighted by Gasteiger charge is 2.29. The van der Waals surface area contributed by atoms with Crippen LogP contribution in [0.5, 0.6) is 17.2 Å². The highest BCUT2D eigenvalue weighted by Crippen LogP contribution is 2.39. The first-order chi connectivity index (χ1) is 53.0. The molecule has 8 heterocycles. The van der Waals surface area contributed by atoms with Gasteiger partial charge in [0.1, 0.15) is 17.2 Å². The van der Waals surface area contributed by atoms with Gasteiger partial charge in [-0.05, 0) is 307 Å². The average molecular weight is 1510 g/mol. The first kappa shape index (κ1) is 83.4. The molecular weight excluding hydrogens is 1400 g/mol. The monoisotopic (exact) mass is 1510 g/mol. The number of rotatable bonds is 32. The molecule has 5 N–H and O–H groups in total. The maximum atomic E-state index is 9.55. The molecule has 110 heavy (non-hydrogen) atoms. The van der Waals surface area contributed by atoms with Gasteiger partial charge in [0, 0.05) is 84.6 Å². The number of hydrogen-bond donors (Lipinski definition) is 5. The van der Waals surface area contributed by atoms with E-state index in [1.54, 1.807) is 0 Å². The van der Waals surface area contributed by atoms with E-state index in [1.165, 1.54) is 108 Å². The minimum atomic E-state index is -1.26. The largest absolute Gasteiger partial charge is 0.493 e. The predicted molar refractivity (Wildman–Crippen MR) is 422 cm³/mol. The van der Waals surface area contributed by atoms with Crippen LogP contribution in [0, 0.1) is 49.4 Å². The summed E-state index contributed by atoms with van der Waals surface area (Å²) in [4.78, 5) is 59.1. The summed E-state index contributed by atoms with van der Waals surface area (Å²) in [6.45, 7) is 17.8. The van der Waals surface area contributed by atoms with Crippen molar-refractivity contribution in [3.8, 4) is 17.2 Å². The van der Waals surface area contributed by atoms with E-state index in [0.717, 1.165) is 242 Å². The number of piperidine rings is 3. The predicted octanol–water partition coefficient (Wildman–Crippen LogP) is 13.5. The first-order valence-electron chi connectivity index (χ1n) is 39.4. The molecule has 3 aliphatic carbocycles. The minimum Gasteiger partial charge on any atom is -0.493 e. The van der Waals surface area contributed by atoms with Crippen LogP contribution in [-0.4, -0.2) is 196 Å². The number of ether oxygens (including phenoxy) is 3. The van der Waals surface area contributed by atoms with Gasteiger partial charge in [0.25, 0.3) is 0 Å². The quantitative estimate of drug-likeness (QED) is 0.0245. The van der Waals surface area contributed by atoms with Crippen LogP contribution in [0.3, 0.4) is 0 Å². The lowest BCUT2D eigenvalue weighted by Gasteiger charge is -2.31. The number of carbonyl (C=O) groups is 4. The van der Waals surface area contributed by atoms with Crippen LogP contribution in [0.2, 0.25) is 0 Å². The lowest BCUT2D eigenvalue weighted by molar-refractivity contribution is -0.134. The fourth-order valence-corrected chi connectivity index (χ4v) is 14.3. The van der Waals surface area contributed by atoms with E-state index in [1.807, 2.05) is 0 Å². The van der Waals surface area contributed by atoms with Crippen LogP contribution < -0.4 is 19.5 Å². The van der Waals surface area contributed by atoms with E-state index < -0.39 is 23.9 Å². The Hall–Kier alpha value is -9.11. The topological polar surface area (TPSA) is 309 Å². The van der Waals surface area contributed by atoms with Gasteiger partial charge in [-0.3, -0.25) is 19.8 Å². The third-order valence-electron chi connectivity index (χ3n) is 20.9. The molecule has 3 aliphatic heterocycles. The summed E-state index contributed by atoms with van der Waals surface area (Å²) < 4.78 is 36.1. The van der Waals surface area contributed by atoms with Gasteiger partial charge in [0.2, 0.25) is 0 Å². The van der Waals surface area contributed by atoms with Crippen molar-refractivity contribution < 1.29 is 67.4 Å². The smallest absolute Gasteiger partial charge is 0.328 e. The number of pyridine rings is 2. The number of carboxylic acids is 4. The van der Waals surface area contributed by atoms with Gasteiger partial charge in [0.15, 0.2) is 16.7 Å². The Bertz CT molecular complexity index is 4080. The van der Waals surface area contributed by atoms with Gasteiger partial charge in [-0.1, -0.05) is 27.6 Å². The van der Waals surface area contributed by atoms with Crippen LogP contribution in [0.4, 0.5) is 0 Å². The zero-order chi connectivity index (χ0) is 78.1. The summed E-state index contributed by atoms with van der Waals surface area (Å²) in [7, 11) is 12.5. The summed E-state index contributed by atoms with van der Waals surface area (Å²) in [6.07, 6.45) is 24.0. The fraction of sp³-hybridized carbons (Fsp3) is 0.541. The molecule has 6 fully saturated rings. The molecule has 14 rings (SSSR count). The van der Waals surface area contributed by atoms with E-state index in [9.17, 15) is 19.2 Å². The lowest BCUT2D eigenvalue weighted by Crippen LogP contribution is -2.33. The number of fused-ring (bicyclic) bond motifs is 3. The van der Waals surface area contributed by atoms with Crippen LogP contribution in [0.25, 0.3) is 32.9 Å². The molecule has 0 unspecified atom stereocenters. The van der Waals surface area contributed by atoms with Gasteiger partial charge >= 0.3 is 23.9 Å². The number of likely N-dealkylation sites (tertiary alicyclic amines) is 2. The Balaban J connectivity index is 0.000000160. The number of benzene rings is 3. The van der Waals surface area contributed by atoms with E-state index in [-0.39, 0.29) is 0 Å². The number of nitrogens with one attached hydrogen (secondary N) is 1. The Morgan fingerprint density at radius 2 is 0.727 bits per heavy atom. The zero-order valence-electron chi connectivity index (χ0n) is 65.7. The SMILES string of the molecule is CN(C)Cc1c(OCC2CC2)ccc2c(CCC3CCNCC3)noc12.Cc1cccc(CN2CCC(CCc3noc4c(CN(C)C)c(OCC5CC5)ccc34)CC2)n1.Cc1cccc(CN2CCC(CCc3noc4c(CN(C)C)c(OCC5CC5)ccc34)CC2)n1.O=C(O)/C=C/C(=O)O.O=C(O)/C=C/C(=O)O. The lowest BCUT2D eigenvalue weighted by atomic mass is 9.91. The number of carboxylic acid groups (broad SMARTS) is 4. The van der Waals surface area contributed by atoms with E-state index in [2.05, 4.69) is 184 Å². The molecule has 0 amide bonds. The summed E-state index contributed by atoms with van der Waals surface area (Å²) in [6, 6.07) is 25.5. The Labute approximate surface area is 646 Å². The second-order valence-electron chi connectivity index (χ2n) is 31.4. The fourth-order valence-electron chi connectivity index (χ4n) is 14.3. The summed E-state index contributed by atoms with van der Waals surface area (Å²) in [5.74, 6) is 2.34. The first-order valence-corrected chi connectivity index (χ1v) is 39.4. The molecule has 25 heteroatoms. The third-order valence-corrected chi connectivity index (χ3v) is 20.9. The summed E-state index contributed by atoms with van der Waals surface area (Å²) >= 11 is 0. The molecule has 0 atom stereocenters. The number of aromatic nitrogens is 5. The molecule has 3 saturated heterocycles. The van der Waals surface area contributed by atoms with Crippen molar-refractivity contribution in [2.45, 2.75) is 162 Å². The zero-order valence-corrected chi connectivity index (χ0v) is 65.7. The van der Waals surface area contributed by atoms with Gasteiger partial charge < -0.3 is 68.2 Å². The number of aryl methyl sites for hydroxylation is 5. The van der Waals surface area contributed by atoms with Crippen LogP contribution >= 0.6 is 0 Å². The Kier molecular flexibility index (Phi) is 31.7. The molecule has 594 valence electrons. The van der Waals surface area contributed by atoms with E-state index in [0.29, 0.717) is 24.3 Å². The molecule has 3 saturated carbocycles.